The SMILES string of the molecule is CCN=CC(=N)CC(N)C(C)=O. The summed E-state index contributed by atoms with van der Waals surface area (Å²) in [5.41, 5.74) is 5.74. The summed E-state index contributed by atoms with van der Waals surface area (Å²) in [4.78, 5) is 14.6. The van der Waals surface area contributed by atoms with Crippen molar-refractivity contribution in [1.82, 2.24) is 0 Å². The third-order valence-electron chi connectivity index (χ3n) is 1.39. The molecule has 1 atom stereocenters. The number of rotatable bonds is 5. The molecule has 68 valence electrons. The largest absolute Gasteiger partial charge is 0.321 e. The highest BCUT2D eigenvalue weighted by molar-refractivity contribution is 6.29. The van der Waals surface area contributed by atoms with E-state index in [-0.39, 0.29) is 12.2 Å². The van der Waals surface area contributed by atoms with Crippen LogP contribution in [0.1, 0.15) is 20.3 Å². The fourth-order valence-corrected chi connectivity index (χ4v) is 0.635. The van der Waals surface area contributed by atoms with Gasteiger partial charge in [0.25, 0.3) is 0 Å². The van der Waals surface area contributed by atoms with E-state index in [1.165, 1.54) is 13.1 Å². The van der Waals surface area contributed by atoms with Gasteiger partial charge in [0.05, 0.1) is 11.8 Å². The van der Waals surface area contributed by atoms with Crippen molar-refractivity contribution < 1.29 is 4.79 Å². The molecule has 0 saturated carbocycles. The first-order valence-corrected chi connectivity index (χ1v) is 3.91. The van der Waals surface area contributed by atoms with Gasteiger partial charge in [-0.05, 0) is 13.8 Å². The summed E-state index contributed by atoms with van der Waals surface area (Å²) >= 11 is 0. The van der Waals surface area contributed by atoms with Gasteiger partial charge in [-0.3, -0.25) is 9.79 Å². The second kappa shape index (κ2) is 5.60. The molecule has 4 nitrogen and oxygen atoms in total. The lowest BCUT2D eigenvalue weighted by molar-refractivity contribution is -0.118. The van der Waals surface area contributed by atoms with E-state index in [9.17, 15) is 4.79 Å². The second-order valence-electron chi connectivity index (χ2n) is 2.57. The minimum atomic E-state index is -0.555. The van der Waals surface area contributed by atoms with Crippen LogP contribution in [0.25, 0.3) is 0 Å². The Balaban J connectivity index is 3.84. The average molecular weight is 169 g/mol. The topological polar surface area (TPSA) is 79.3 Å². The van der Waals surface area contributed by atoms with Crippen molar-refractivity contribution in [2.75, 3.05) is 6.54 Å². The standard InChI is InChI=1S/C8H15N3O/c1-3-11-5-7(9)4-8(10)6(2)12/h5,8-9H,3-4,10H2,1-2H3. The second-order valence-corrected chi connectivity index (χ2v) is 2.57. The number of nitrogens with two attached hydrogens (primary N) is 1. The van der Waals surface area contributed by atoms with Gasteiger partial charge in [-0.2, -0.15) is 0 Å². The van der Waals surface area contributed by atoms with Crippen LogP contribution in [0.3, 0.4) is 0 Å². The Hall–Kier alpha value is -1.03. The van der Waals surface area contributed by atoms with Gasteiger partial charge in [0.1, 0.15) is 5.78 Å². The summed E-state index contributed by atoms with van der Waals surface area (Å²) in [6.45, 7) is 3.96. The van der Waals surface area contributed by atoms with Gasteiger partial charge in [0.15, 0.2) is 0 Å². The highest BCUT2D eigenvalue weighted by Gasteiger charge is 2.08. The van der Waals surface area contributed by atoms with Crippen molar-refractivity contribution in [2.24, 2.45) is 10.7 Å². The van der Waals surface area contributed by atoms with Crippen molar-refractivity contribution in [1.29, 1.82) is 5.41 Å². The molecule has 0 aromatic heterocycles. The van der Waals surface area contributed by atoms with Crippen LogP contribution in [0.2, 0.25) is 0 Å². The summed E-state index contributed by atoms with van der Waals surface area (Å²) in [6, 6.07) is -0.555. The number of carbonyl (C=O) groups is 1. The minimum absolute atomic E-state index is 0.0929. The van der Waals surface area contributed by atoms with E-state index in [2.05, 4.69) is 4.99 Å². The summed E-state index contributed by atoms with van der Waals surface area (Å²) in [5.74, 6) is -0.0929. The van der Waals surface area contributed by atoms with E-state index in [4.69, 9.17) is 11.1 Å². The van der Waals surface area contributed by atoms with Gasteiger partial charge in [0.2, 0.25) is 0 Å². The van der Waals surface area contributed by atoms with Crippen LogP contribution in [0.15, 0.2) is 4.99 Å². The van der Waals surface area contributed by atoms with Crippen LogP contribution in [0, 0.1) is 5.41 Å². The number of Topliss-reactive ketones (excluding diaryl/α,β-unsaturated/α-hetero) is 1. The van der Waals surface area contributed by atoms with Crippen LogP contribution in [-0.2, 0) is 4.79 Å². The van der Waals surface area contributed by atoms with Gasteiger partial charge in [0, 0.05) is 19.2 Å². The van der Waals surface area contributed by atoms with Crippen LogP contribution < -0.4 is 5.73 Å². The Morgan fingerprint density at radius 1 is 1.75 bits per heavy atom. The average Bonchev–Trinajstić information content (AvgIpc) is 2.00. The molecule has 0 aliphatic heterocycles. The molecule has 0 heterocycles. The molecule has 0 aromatic rings. The molecule has 1 unspecified atom stereocenters. The first-order valence-electron chi connectivity index (χ1n) is 3.91. The quantitative estimate of drug-likeness (QED) is 0.584. The third kappa shape index (κ3) is 4.73. The fourth-order valence-electron chi connectivity index (χ4n) is 0.635. The molecule has 0 aromatic carbocycles. The van der Waals surface area contributed by atoms with Crippen LogP contribution in [0.5, 0.6) is 0 Å². The first-order chi connectivity index (χ1) is 5.57. The number of nitrogens with one attached hydrogen (secondary N) is 1. The molecule has 3 N–H and O–H groups in total. The monoisotopic (exact) mass is 169 g/mol. The Bertz CT molecular complexity index is 198. The maximum absolute atomic E-state index is 10.7. The predicted octanol–water partition coefficient (Wildman–Crippen LogP) is 0.403. The highest BCUT2D eigenvalue weighted by atomic mass is 16.1. The molecular formula is C8H15N3O. The Kier molecular flexibility index (Phi) is 5.12. The van der Waals surface area contributed by atoms with Gasteiger partial charge in [-0.25, -0.2) is 0 Å². The highest BCUT2D eigenvalue weighted by Crippen LogP contribution is 1.90. The van der Waals surface area contributed by atoms with Crippen LogP contribution in [0.4, 0.5) is 0 Å². The van der Waals surface area contributed by atoms with Crippen molar-refractivity contribution in [3.63, 3.8) is 0 Å². The lowest BCUT2D eigenvalue weighted by atomic mass is 10.1. The van der Waals surface area contributed by atoms with Gasteiger partial charge >= 0.3 is 0 Å². The number of ketones is 1. The molecule has 0 aliphatic rings. The maximum Gasteiger partial charge on any atom is 0.146 e. The Labute approximate surface area is 72.4 Å². The molecule has 0 saturated heterocycles. The molecule has 0 aliphatic carbocycles. The number of hydrogen-bond acceptors (Lipinski definition) is 4. The molecule has 0 fully saturated rings. The molecule has 0 radical (unpaired) electrons. The van der Waals surface area contributed by atoms with Crippen molar-refractivity contribution in [3.05, 3.63) is 0 Å². The van der Waals surface area contributed by atoms with Gasteiger partial charge in [-0.15, -0.1) is 0 Å². The van der Waals surface area contributed by atoms with E-state index in [1.807, 2.05) is 6.92 Å². The number of aliphatic imine (C=N–C) groups is 1. The van der Waals surface area contributed by atoms with E-state index in [0.29, 0.717) is 12.3 Å². The maximum atomic E-state index is 10.7. The molecule has 0 amide bonds. The zero-order valence-electron chi connectivity index (χ0n) is 7.50. The normalized spacial score (nSPS) is 13.2. The third-order valence-corrected chi connectivity index (χ3v) is 1.39. The van der Waals surface area contributed by atoms with E-state index < -0.39 is 6.04 Å². The molecule has 4 heteroatoms. The summed E-state index contributed by atoms with van der Waals surface area (Å²) < 4.78 is 0. The molecule has 12 heavy (non-hydrogen) atoms. The smallest absolute Gasteiger partial charge is 0.146 e. The van der Waals surface area contributed by atoms with E-state index in [0.717, 1.165) is 0 Å². The van der Waals surface area contributed by atoms with Crippen molar-refractivity contribution in [2.45, 2.75) is 26.3 Å². The first kappa shape index (κ1) is 11.0. The lowest BCUT2D eigenvalue weighted by Gasteiger charge is -2.04. The van der Waals surface area contributed by atoms with Crippen LogP contribution >= 0.6 is 0 Å². The van der Waals surface area contributed by atoms with Crippen LogP contribution in [-0.4, -0.2) is 30.3 Å². The summed E-state index contributed by atoms with van der Waals surface area (Å²) in [6.07, 6.45) is 1.72. The van der Waals surface area contributed by atoms with E-state index >= 15 is 0 Å². The summed E-state index contributed by atoms with van der Waals surface area (Å²) in [7, 11) is 0. The van der Waals surface area contributed by atoms with Crippen molar-refractivity contribution in [3.8, 4) is 0 Å². The predicted molar refractivity (Wildman–Crippen MR) is 50.0 cm³/mol. The Morgan fingerprint density at radius 2 is 2.33 bits per heavy atom. The number of hydrogen-bond donors (Lipinski definition) is 2. The number of carbonyl (C=O) groups excluding carboxylic acids is 1. The molecular weight excluding hydrogens is 154 g/mol. The number of nitrogens with zero attached hydrogens (tertiary/aromatic N) is 1. The molecule has 0 rings (SSSR count). The van der Waals surface area contributed by atoms with Crippen molar-refractivity contribution >= 4 is 17.7 Å². The fraction of sp³-hybridized carbons (Fsp3) is 0.625. The zero-order chi connectivity index (χ0) is 9.56. The van der Waals surface area contributed by atoms with Gasteiger partial charge in [-0.1, -0.05) is 0 Å². The Morgan fingerprint density at radius 3 is 2.75 bits per heavy atom. The molecule has 0 spiro atoms. The van der Waals surface area contributed by atoms with Gasteiger partial charge < -0.3 is 11.1 Å². The van der Waals surface area contributed by atoms with E-state index in [1.54, 1.807) is 0 Å². The minimum Gasteiger partial charge on any atom is -0.321 e. The summed E-state index contributed by atoms with van der Waals surface area (Å²) in [5, 5.41) is 7.33. The lowest BCUT2D eigenvalue weighted by Crippen LogP contribution is -2.31. The molecule has 0 bridgehead atoms. The zero-order valence-corrected chi connectivity index (χ0v) is 7.50.